The average Bonchev–Trinajstić information content (AvgIpc) is 3.11. The van der Waals surface area contributed by atoms with Gasteiger partial charge in [0.05, 0.1) is 0 Å². The quantitative estimate of drug-likeness (QED) is 0.837. The minimum absolute atomic E-state index is 0.365. The third-order valence-electron chi connectivity index (χ3n) is 3.77. The summed E-state index contributed by atoms with van der Waals surface area (Å²) in [6, 6.07) is 6.67. The lowest BCUT2D eigenvalue weighted by molar-refractivity contribution is -0.143. The Morgan fingerprint density at radius 3 is 2.35 bits per heavy atom. The fraction of sp³-hybridized carbons (Fsp3) is 0.562. The van der Waals surface area contributed by atoms with E-state index in [1.54, 1.807) is 6.92 Å². The SMILES string of the molecule is Cc1cc(C)cc(N(C)CC(C)(NC2CC2)C(=O)O)c1. The zero-order valence-electron chi connectivity index (χ0n) is 12.7. The van der Waals surface area contributed by atoms with Gasteiger partial charge in [0.15, 0.2) is 0 Å². The number of nitrogens with zero attached hydrogens (tertiary/aromatic N) is 1. The Labute approximate surface area is 120 Å². The Morgan fingerprint density at radius 2 is 1.90 bits per heavy atom. The normalized spacial score (nSPS) is 17.6. The standard InChI is InChI=1S/C16H24N2O2/c1-11-7-12(2)9-14(8-11)18(4)10-16(3,15(19)20)17-13-5-6-13/h7-9,13,17H,5-6,10H2,1-4H3,(H,19,20). The topological polar surface area (TPSA) is 52.6 Å². The summed E-state index contributed by atoms with van der Waals surface area (Å²) in [5.74, 6) is -0.791. The van der Waals surface area contributed by atoms with Gasteiger partial charge in [-0.2, -0.15) is 0 Å². The zero-order chi connectivity index (χ0) is 14.9. The van der Waals surface area contributed by atoms with Gasteiger partial charge in [-0.25, -0.2) is 0 Å². The van der Waals surface area contributed by atoms with Crippen molar-refractivity contribution in [3.8, 4) is 0 Å². The highest BCUT2D eigenvalue weighted by molar-refractivity contribution is 5.79. The van der Waals surface area contributed by atoms with Crippen LogP contribution in [0, 0.1) is 13.8 Å². The van der Waals surface area contributed by atoms with Crippen LogP contribution in [0.25, 0.3) is 0 Å². The number of hydrogen-bond acceptors (Lipinski definition) is 3. The first-order valence-electron chi connectivity index (χ1n) is 7.11. The molecule has 110 valence electrons. The highest BCUT2D eigenvalue weighted by Gasteiger charge is 2.39. The molecule has 1 aliphatic carbocycles. The smallest absolute Gasteiger partial charge is 0.325 e. The number of benzene rings is 1. The van der Waals surface area contributed by atoms with E-state index in [9.17, 15) is 9.90 Å². The third-order valence-corrected chi connectivity index (χ3v) is 3.77. The van der Waals surface area contributed by atoms with E-state index < -0.39 is 11.5 Å². The predicted octanol–water partition coefficient (Wildman–Crippen LogP) is 2.33. The van der Waals surface area contributed by atoms with E-state index in [0.717, 1.165) is 18.5 Å². The van der Waals surface area contributed by atoms with Crippen molar-refractivity contribution in [3.05, 3.63) is 29.3 Å². The predicted molar refractivity (Wildman–Crippen MR) is 81.4 cm³/mol. The summed E-state index contributed by atoms with van der Waals surface area (Å²) in [7, 11) is 1.95. The first-order valence-corrected chi connectivity index (χ1v) is 7.11. The molecule has 1 aromatic rings. The number of carboxylic acid groups (broad SMARTS) is 1. The number of nitrogens with one attached hydrogen (secondary N) is 1. The Hall–Kier alpha value is -1.55. The van der Waals surface area contributed by atoms with Gasteiger partial charge < -0.3 is 10.0 Å². The first-order chi connectivity index (χ1) is 9.30. The number of hydrogen-bond donors (Lipinski definition) is 2. The van der Waals surface area contributed by atoms with Gasteiger partial charge in [0, 0.05) is 25.3 Å². The van der Waals surface area contributed by atoms with Crippen LogP contribution in [0.5, 0.6) is 0 Å². The Balaban J connectivity index is 2.14. The maximum atomic E-state index is 11.6. The van der Waals surface area contributed by atoms with Crippen molar-refractivity contribution >= 4 is 11.7 Å². The highest BCUT2D eigenvalue weighted by Crippen LogP contribution is 2.25. The molecule has 0 amide bonds. The number of anilines is 1. The summed E-state index contributed by atoms with van der Waals surface area (Å²) in [6.07, 6.45) is 2.16. The molecule has 4 nitrogen and oxygen atoms in total. The molecule has 0 radical (unpaired) electrons. The Bertz CT molecular complexity index is 491. The van der Waals surface area contributed by atoms with Crippen LogP contribution in [0.4, 0.5) is 5.69 Å². The van der Waals surface area contributed by atoms with Crippen molar-refractivity contribution < 1.29 is 9.90 Å². The summed E-state index contributed by atoms with van der Waals surface area (Å²) in [6.45, 7) is 6.33. The molecule has 0 aliphatic heterocycles. The molecule has 0 aromatic heterocycles. The molecule has 4 heteroatoms. The molecule has 1 unspecified atom stereocenters. The van der Waals surface area contributed by atoms with Crippen LogP contribution < -0.4 is 10.2 Å². The van der Waals surface area contributed by atoms with Gasteiger partial charge >= 0.3 is 5.97 Å². The van der Waals surface area contributed by atoms with Crippen molar-refractivity contribution in [1.29, 1.82) is 0 Å². The van der Waals surface area contributed by atoms with E-state index in [-0.39, 0.29) is 0 Å². The number of aliphatic carboxylic acids is 1. The molecule has 20 heavy (non-hydrogen) atoms. The molecular formula is C16H24N2O2. The minimum atomic E-state index is -0.909. The molecule has 1 aromatic carbocycles. The van der Waals surface area contributed by atoms with Crippen LogP contribution in [0.1, 0.15) is 30.9 Å². The van der Waals surface area contributed by atoms with Gasteiger partial charge in [0.2, 0.25) is 0 Å². The summed E-state index contributed by atoms with van der Waals surface area (Å²) in [4.78, 5) is 13.6. The molecule has 1 saturated carbocycles. The van der Waals surface area contributed by atoms with E-state index in [0.29, 0.717) is 12.6 Å². The van der Waals surface area contributed by atoms with Crippen LogP contribution >= 0.6 is 0 Å². The lowest BCUT2D eigenvalue weighted by Gasteiger charge is -2.32. The molecule has 0 saturated heterocycles. The van der Waals surface area contributed by atoms with Gasteiger partial charge in [-0.05, 0) is 56.9 Å². The molecule has 1 atom stereocenters. The monoisotopic (exact) mass is 276 g/mol. The second kappa shape index (κ2) is 5.44. The largest absolute Gasteiger partial charge is 0.480 e. The molecule has 2 rings (SSSR count). The second-order valence-electron chi connectivity index (χ2n) is 6.26. The van der Waals surface area contributed by atoms with Gasteiger partial charge in [-0.15, -0.1) is 0 Å². The lowest BCUT2D eigenvalue weighted by Crippen LogP contribution is -2.57. The van der Waals surface area contributed by atoms with Crippen molar-refractivity contribution in [3.63, 3.8) is 0 Å². The second-order valence-corrected chi connectivity index (χ2v) is 6.26. The summed E-state index contributed by atoms with van der Waals surface area (Å²) < 4.78 is 0. The molecule has 0 bridgehead atoms. The van der Waals surface area contributed by atoms with Gasteiger partial charge in [-0.1, -0.05) is 6.07 Å². The van der Waals surface area contributed by atoms with Crippen LogP contribution in [0.3, 0.4) is 0 Å². The molecule has 1 fully saturated rings. The summed E-state index contributed by atoms with van der Waals surface area (Å²) in [5, 5.41) is 12.8. The third kappa shape index (κ3) is 3.51. The van der Waals surface area contributed by atoms with Crippen LogP contribution in [0.2, 0.25) is 0 Å². The average molecular weight is 276 g/mol. The first kappa shape index (κ1) is 14.9. The van der Waals surface area contributed by atoms with E-state index in [1.165, 1.54) is 11.1 Å². The van der Waals surface area contributed by atoms with Crippen LogP contribution in [-0.4, -0.2) is 36.2 Å². The molecule has 0 spiro atoms. The van der Waals surface area contributed by atoms with Crippen molar-refractivity contribution in [2.24, 2.45) is 0 Å². The number of aryl methyl sites for hydroxylation is 2. The number of likely N-dealkylation sites (N-methyl/N-ethyl adjacent to an activating group) is 1. The molecule has 0 heterocycles. The van der Waals surface area contributed by atoms with E-state index in [2.05, 4.69) is 37.4 Å². The Morgan fingerprint density at radius 1 is 1.35 bits per heavy atom. The summed E-state index contributed by atoms with van der Waals surface area (Å²) >= 11 is 0. The Kier molecular flexibility index (Phi) is 4.04. The van der Waals surface area contributed by atoms with Gasteiger partial charge in [0.1, 0.15) is 5.54 Å². The van der Waals surface area contributed by atoms with E-state index >= 15 is 0 Å². The van der Waals surface area contributed by atoms with Crippen molar-refractivity contribution in [2.75, 3.05) is 18.5 Å². The molecule has 2 N–H and O–H groups in total. The van der Waals surface area contributed by atoms with E-state index in [1.807, 2.05) is 11.9 Å². The van der Waals surface area contributed by atoms with Crippen LogP contribution in [0.15, 0.2) is 18.2 Å². The zero-order valence-corrected chi connectivity index (χ0v) is 12.7. The molecular weight excluding hydrogens is 252 g/mol. The number of carboxylic acids is 1. The molecule has 1 aliphatic rings. The van der Waals surface area contributed by atoms with Gasteiger partial charge in [0.25, 0.3) is 0 Å². The van der Waals surface area contributed by atoms with Gasteiger partial charge in [-0.3, -0.25) is 10.1 Å². The van der Waals surface area contributed by atoms with Crippen molar-refractivity contribution in [1.82, 2.24) is 5.32 Å². The summed E-state index contributed by atoms with van der Waals surface area (Å²) in [5.41, 5.74) is 2.54. The highest BCUT2D eigenvalue weighted by atomic mass is 16.4. The van der Waals surface area contributed by atoms with E-state index in [4.69, 9.17) is 0 Å². The maximum absolute atomic E-state index is 11.6. The fourth-order valence-electron chi connectivity index (χ4n) is 2.59. The van der Waals surface area contributed by atoms with Crippen molar-refractivity contribution in [2.45, 2.75) is 45.2 Å². The van der Waals surface area contributed by atoms with Crippen LogP contribution in [-0.2, 0) is 4.79 Å². The number of carbonyl (C=O) groups is 1. The number of rotatable bonds is 6. The lowest BCUT2D eigenvalue weighted by atomic mass is 10.0. The fourth-order valence-corrected chi connectivity index (χ4v) is 2.59. The minimum Gasteiger partial charge on any atom is -0.480 e. The maximum Gasteiger partial charge on any atom is 0.325 e.